The summed E-state index contributed by atoms with van der Waals surface area (Å²) < 4.78 is 0. The number of hydrogen-bond acceptors (Lipinski definition) is 2. The van der Waals surface area contributed by atoms with Crippen LogP contribution in [0.25, 0.3) is 0 Å². The molecule has 2 aliphatic carbocycles. The van der Waals surface area contributed by atoms with Gasteiger partial charge >= 0.3 is 0 Å². The summed E-state index contributed by atoms with van der Waals surface area (Å²) in [6.07, 6.45) is 7.46. The quantitative estimate of drug-likeness (QED) is 0.694. The molecule has 0 heterocycles. The van der Waals surface area contributed by atoms with E-state index in [2.05, 4.69) is 24.4 Å². The summed E-state index contributed by atoms with van der Waals surface area (Å²) in [6, 6.07) is 0.524. The Labute approximate surface area is 92.8 Å². The second-order valence-electron chi connectivity index (χ2n) is 5.93. The highest BCUT2D eigenvalue weighted by molar-refractivity contribution is 5.11. The zero-order valence-corrected chi connectivity index (χ0v) is 10.0. The average molecular weight is 209 g/mol. The minimum atomic E-state index is -0.596. The number of nitrogens with one attached hydrogen (secondary N) is 1. The maximum Gasteiger partial charge on any atom is 0.0715 e. The smallest absolute Gasteiger partial charge is 0.0715 e. The van der Waals surface area contributed by atoms with Gasteiger partial charge in [-0.05, 0) is 51.4 Å². The number of fused-ring (bicyclic) bond motifs is 2. The Morgan fingerprint density at radius 2 is 2.13 bits per heavy atom. The standard InChI is InChI=1S/C13H23NO/c1-9(14-8-13(2,3)15)12-7-10-4-5-11(12)6-10/h4-5,9-12,14-15H,6-8H2,1-3H3. The molecule has 0 aromatic rings. The van der Waals surface area contributed by atoms with E-state index < -0.39 is 5.60 Å². The van der Waals surface area contributed by atoms with Crippen LogP contribution in [0.1, 0.15) is 33.6 Å². The minimum Gasteiger partial charge on any atom is -0.389 e. The lowest BCUT2D eigenvalue weighted by Gasteiger charge is -2.29. The molecule has 2 N–H and O–H groups in total. The van der Waals surface area contributed by atoms with E-state index in [4.69, 9.17) is 0 Å². The van der Waals surface area contributed by atoms with Gasteiger partial charge in [0.25, 0.3) is 0 Å². The van der Waals surface area contributed by atoms with Crippen molar-refractivity contribution in [2.45, 2.75) is 45.3 Å². The first kappa shape index (κ1) is 11.2. The van der Waals surface area contributed by atoms with Crippen molar-refractivity contribution in [3.8, 4) is 0 Å². The molecule has 0 radical (unpaired) electrons. The molecule has 15 heavy (non-hydrogen) atoms. The van der Waals surface area contributed by atoms with Gasteiger partial charge < -0.3 is 10.4 Å². The van der Waals surface area contributed by atoms with Crippen LogP contribution in [-0.4, -0.2) is 23.3 Å². The van der Waals surface area contributed by atoms with E-state index in [9.17, 15) is 5.11 Å². The van der Waals surface area contributed by atoms with E-state index in [1.54, 1.807) is 0 Å². The zero-order chi connectivity index (χ0) is 11.1. The molecule has 2 bridgehead atoms. The maximum atomic E-state index is 9.66. The van der Waals surface area contributed by atoms with E-state index in [0.29, 0.717) is 12.6 Å². The SMILES string of the molecule is CC(NCC(C)(C)O)C1CC2C=CC1C2. The molecule has 0 spiro atoms. The molecular weight excluding hydrogens is 186 g/mol. The van der Waals surface area contributed by atoms with Crippen LogP contribution in [0.2, 0.25) is 0 Å². The van der Waals surface area contributed by atoms with Gasteiger partial charge in [0.05, 0.1) is 5.60 Å². The molecule has 2 aliphatic rings. The first-order chi connectivity index (χ1) is 6.96. The molecule has 2 nitrogen and oxygen atoms in total. The van der Waals surface area contributed by atoms with Crippen molar-refractivity contribution in [3.05, 3.63) is 12.2 Å². The Morgan fingerprint density at radius 3 is 2.60 bits per heavy atom. The first-order valence-electron chi connectivity index (χ1n) is 6.10. The molecule has 86 valence electrons. The number of allylic oxidation sites excluding steroid dienone is 2. The normalized spacial score (nSPS) is 36.1. The molecule has 2 rings (SSSR count). The van der Waals surface area contributed by atoms with Crippen LogP contribution in [0, 0.1) is 17.8 Å². The predicted octanol–water partition coefficient (Wildman–Crippen LogP) is 1.95. The van der Waals surface area contributed by atoms with Gasteiger partial charge in [-0.15, -0.1) is 0 Å². The summed E-state index contributed by atoms with van der Waals surface area (Å²) in [6.45, 7) is 6.65. The summed E-state index contributed by atoms with van der Waals surface area (Å²) in [4.78, 5) is 0. The highest BCUT2D eigenvalue weighted by Gasteiger charge is 2.38. The lowest BCUT2D eigenvalue weighted by atomic mass is 9.87. The van der Waals surface area contributed by atoms with Crippen molar-refractivity contribution < 1.29 is 5.11 Å². The Bertz CT molecular complexity index is 254. The first-order valence-corrected chi connectivity index (χ1v) is 6.10. The summed E-state index contributed by atoms with van der Waals surface area (Å²) >= 11 is 0. The molecule has 4 unspecified atom stereocenters. The third kappa shape index (κ3) is 2.61. The number of hydrogen-bond donors (Lipinski definition) is 2. The van der Waals surface area contributed by atoms with Crippen molar-refractivity contribution in [1.29, 1.82) is 0 Å². The van der Waals surface area contributed by atoms with E-state index in [-0.39, 0.29) is 0 Å². The summed E-state index contributed by atoms with van der Waals surface area (Å²) in [5.74, 6) is 2.41. The van der Waals surface area contributed by atoms with Crippen LogP contribution in [0.3, 0.4) is 0 Å². The van der Waals surface area contributed by atoms with E-state index >= 15 is 0 Å². The highest BCUT2D eigenvalue weighted by Crippen LogP contribution is 2.44. The molecule has 0 aliphatic heterocycles. The summed E-state index contributed by atoms with van der Waals surface area (Å²) in [5, 5.41) is 13.1. The van der Waals surface area contributed by atoms with Gasteiger partial charge in [0.2, 0.25) is 0 Å². The fourth-order valence-electron chi connectivity index (χ4n) is 2.96. The molecule has 1 saturated carbocycles. The van der Waals surface area contributed by atoms with Gasteiger partial charge in [-0.3, -0.25) is 0 Å². The van der Waals surface area contributed by atoms with Crippen molar-refractivity contribution in [1.82, 2.24) is 5.32 Å². The van der Waals surface area contributed by atoms with Gasteiger partial charge in [0.1, 0.15) is 0 Å². The molecule has 2 heteroatoms. The van der Waals surface area contributed by atoms with Crippen molar-refractivity contribution in [3.63, 3.8) is 0 Å². The van der Waals surface area contributed by atoms with Crippen molar-refractivity contribution >= 4 is 0 Å². The van der Waals surface area contributed by atoms with Crippen LogP contribution in [0.4, 0.5) is 0 Å². The monoisotopic (exact) mass is 209 g/mol. The van der Waals surface area contributed by atoms with Gasteiger partial charge in [-0.2, -0.15) is 0 Å². The van der Waals surface area contributed by atoms with Crippen molar-refractivity contribution in [2.75, 3.05) is 6.54 Å². The Hall–Kier alpha value is -0.340. The van der Waals surface area contributed by atoms with Gasteiger partial charge in [-0.1, -0.05) is 12.2 Å². The molecule has 0 aromatic carbocycles. The molecule has 4 atom stereocenters. The maximum absolute atomic E-state index is 9.66. The fraction of sp³-hybridized carbons (Fsp3) is 0.846. The highest BCUT2D eigenvalue weighted by atomic mass is 16.3. The number of aliphatic hydroxyl groups is 1. The Balaban J connectivity index is 1.82. The zero-order valence-electron chi connectivity index (χ0n) is 10.0. The molecule has 0 saturated heterocycles. The van der Waals surface area contributed by atoms with Crippen LogP contribution >= 0.6 is 0 Å². The van der Waals surface area contributed by atoms with Crippen LogP contribution < -0.4 is 5.32 Å². The largest absolute Gasteiger partial charge is 0.389 e. The average Bonchev–Trinajstić information content (AvgIpc) is 2.73. The molecular formula is C13H23NO. The summed E-state index contributed by atoms with van der Waals surface area (Å²) in [5.41, 5.74) is -0.596. The van der Waals surface area contributed by atoms with Gasteiger partial charge in [0.15, 0.2) is 0 Å². The topological polar surface area (TPSA) is 32.3 Å². The van der Waals surface area contributed by atoms with Crippen LogP contribution in [-0.2, 0) is 0 Å². The van der Waals surface area contributed by atoms with Crippen LogP contribution in [0.5, 0.6) is 0 Å². The summed E-state index contributed by atoms with van der Waals surface area (Å²) in [7, 11) is 0. The molecule has 0 amide bonds. The van der Waals surface area contributed by atoms with Gasteiger partial charge in [0, 0.05) is 12.6 Å². The van der Waals surface area contributed by atoms with E-state index in [1.807, 2.05) is 13.8 Å². The molecule has 0 aromatic heterocycles. The molecule has 1 fully saturated rings. The number of rotatable bonds is 4. The fourth-order valence-corrected chi connectivity index (χ4v) is 2.96. The third-order valence-electron chi connectivity index (χ3n) is 3.83. The Kier molecular flexibility index (Phi) is 2.91. The second-order valence-corrected chi connectivity index (χ2v) is 5.93. The lowest BCUT2D eigenvalue weighted by Crippen LogP contribution is -2.43. The Morgan fingerprint density at radius 1 is 1.40 bits per heavy atom. The van der Waals surface area contributed by atoms with E-state index in [0.717, 1.165) is 17.8 Å². The predicted molar refractivity (Wildman–Crippen MR) is 62.6 cm³/mol. The van der Waals surface area contributed by atoms with Crippen LogP contribution in [0.15, 0.2) is 12.2 Å². The second kappa shape index (κ2) is 3.91. The third-order valence-corrected chi connectivity index (χ3v) is 3.83. The van der Waals surface area contributed by atoms with Crippen molar-refractivity contribution in [2.24, 2.45) is 17.8 Å². The minimum absolute atomic E-state index is 0.524. The lowest BCUT2D eigenvalue weighted by molar-refractivity contribution is 0.0735. The van der Waals surface area contributed by atoms with E-state index in [1.165, 1.54) is 12.8 Å². The van der Waals surface area contributed by atoms with Gasteiger partial charge in [-0.25, -0.2) is 0 Å².